The molecule has 170 valence electrons. The average Bonchev–Trinajstić information content (AvgIpc) is 3.58. The van der Waals surface area contributed by atoms with Crippen molar-refractivity contribution >= 4 is 17.4 Å². The van der Waals surface area contributed by atoms with E-state index in [0.29, 0.717) is 44.1 Å². The highest BCUT2D eigenvalue weighted by atomic mass is 16.5. The smallest absolute Gasteiger partial charge is 0.225 e. The van der Waals surface area contributed by atoms with E-state index in [2.05, 4.69) is 35.1 Å². The van der Waals surface area contributed by atoms with Gasteiger partial charge in [-0.2, -0.15) is 5.26 Å². The van der Waals surface area contributed by atoms with E-state index in [1.807, 2.05) is 27.6 Å². The average molecular weight is 445 g/mol. The standard InChI is InChI=1S/C25H28N6O2/c1-17-15-30(10-11-31(17)23(32)7-12-33-2)25-20(14-26)13-21(24(28-25)18-3-4-18)19-5-6-22-27-8-9-29(22)16-19/h5-6,8-9,13,16-18H,3-4,7,10-12,15H2,1-2H3/t17-/m1/s1. The van der Waals surface area contributed by atoms with E-state index in [1.165, 1.54) is 0 Å². The summed E-state index contributed by atoms with van der Waals surface area (Å²) in [5, 5.41) is 10.00. The number of imidazole rings is 1. The molecule has 1 amide bonds. The van der Waals surface area contributed by atoms with E-state index in [9.17, 15) is 10.1 Å². The minimum absolute atomic E-state index is 0.0455. The molecule has 4 heterocycles. The molecule has 3 aromatic heterocycles. The van der Waals surface area contributed by atoms with Crippen molar-refractivity contribution in [1.82, 2.24) is 19.3 Å². The van der Waals surface area contributed by atoms with Gasteiger partial charge in [-0.3, -0.25) is 4.79 Å². The van der Waals surface area contributed by atoms with Crippen LogP contribution in [0.4, 0.5) is 5.82 Å². The fraction of sp³-hybridized carbons (Fsp3) is 0.440. The number of anilines is 1. The number of hydrogen-bond donors (Lipinski definition) is 0. The summed E-state index contributed by atoms with van der Waals surface area (Å²) in [7, 11) is 1.61. The number of carbonyl (C=O) groups is 1. The van der Waals surface area contributed by atoms with Crippen molar-refractivity contribution in [3.05, 3.63) is 48.0 Å². The molecule has 8 nitrogen and oxygen atoms in total. The van der Waals surface area contributed by atoms with Crippen molar-refractivity contribution in [2.24, 2.45) is 0 Å². The predicted molar refractivity (Wildman–Crippen MR) is 125 cm³/mol. The third-order valence-corrected chi connectivity index (χ3v) is 6.58. The molecule has 0 N–H and O–H groups in total. The van der Waals surface area contributed by atoms with Gasteiger partial charge in [0, 0.05) is 68.4 Å². The molecule has 0 bridgehead atoms. The topological polar surface area (TPSA) is 86.8 Å². The van der Waals surface area contributed by atoms with Crippen molar-refractivity contribution in [1.29, 1.82) is 5.26 Å². The molecule has 33 heavy (non-hydrogen) atoms. The molecule has 0 spiro atoms. The number of hydrogen-bond acceptors (Lipinski definition) is 6. The summed E-state index contributed by atoms with van der Waals surface area (Å²) in [6.45, 7) is 4.43. The fourth-order valence-electron chi connectivity index (χ4n) is 4.67. The van der Waals surface area contributed by atoms with Crippen molar-refractivity contribution in [2.75, 3.05) is 38.3 Å². The number of aromatic nitrogens is 3. The molecule has 1 saturated carbocycles. The second-order valence-corrected chi connectivity index (χ2v) is 8.91. The maximum Gasteiger partial charge on any atom is 0.225 e. The quantitative estimate of drug-likeness (QED) is 0.580. The van der Waals surface area contributed by atoms with Gasteiger partial charge in [-0.1, -0.05) is 0 Å². The Hall–Kier alpha value is -3.44. The summed E-state index contributed by atoms with van der Waals surface area (Å²) in [4.78, 5) is 26.0. The van der Waals surface area contributed by atoms with Crippen LogP contribution < -0.4 is 4.90 Å². The molecule has 2 aliphatic rings. The Morgan fingerprint density at radius 1 is 1.30 bits per heavy atom. The molecule has 3 aromatic rings. The predicted octanol–water partition coefficient (Wildman–Crippen LogP) is 3.22. The first-order valence-electron chi connectivity index (χ1n) is 11.5. The van der Waals surface area contributed by atoms with Gasteiger partial charge in [0.25, 0.3) is 0 Å². The lowest BCUT2D eigenvalue weighted by Crippen LogP contribution is -2.54. The largest absolute Gasteiger partial charge is 0.384 e. The second-order valence-electron chi connectivity index (χ2n) is 8.91. The van der Waals surface area contributed by atoms with E-state index in [-0.39, 0.29) is 11.9 Å². The summed E-state index contributed by atoms with van der Waals surface area (Å²) < 4.78 is 7.05. The molecule has 8 heteroatoms. The summed E-state index contributed by atoms with van der Waals surface area (Å²) in [6.07, 6.45) is 8.40. The van der Waals surface area contributed by atoms with Gasteiger partial charge in [0.15, 0.2) is 0 Å². The van der Waals surface area contributed by atoms with Crippen molar-refractivity contribution < 1.29 is 9.53 Å². The zero-order chi connectivity index (χ0) is 22.9. The molecule has 1 aliphatic heterocycles. The third-order valence-electron chi connectivity index (χ3n) is 6.58. The maximum atomic E-state index is 12.5. The summed E-state index contributed by atoms with van der Waals surface area (Å²) >= 11 is 0. The molecule has 1 saturated heterocycles. The van der Waals surface area contributed by atoms with Crippen molar-refractivity contribution in [2.45, 2.75) is 38.1 Å². The summed E-state index contributed by atoms with van der Waals surface area (Å²) in [6, 6.07) is 8.47. The van der Waals surface area contributed by atoms with Crippen LogP contribution in [0, 0.1) is 11.3 Å². The Balaban J connectivity index is 1.46. The molecular weight excluding hydrogens is 416 g/mol. The summed E-state index contributed by atoms with van der Waals surface area (Å²) in [5.74, 6) is 1.28. The molecule has 0 radical (unpaired) electrons. The lowest BCUT2D eigenvalue weighted by atomic mass is 10.00. The van der Waals surface area contributed by atoms with Gasteiger partial charge in [-0.15, -0.1) is 0 Å². The van der Waals surface area contributed by atoms with Gasteiger partial charge >= 0.3 is 0 Å². The lowest BCUT2D eigenvalue weighted by molar-refractivity contribution is -0.134. The van der Waals surface area contributed by atoms with Gasteiger partial charge in [0.05, 0.1) is 24.3 Å². The fourth-order valence-corrected chi connectivity index (χ4v) is 4.67. The number of piperazine rings is 1. The van der Waals surface area contributed by atoms with E-state index < -0.39 is 0 Å². The van der Waals surface area contributed by atoms with Crippen LogP contribution in [0.5, 0.6) is 0 Å². The second kappa shape index (κ2) is 8.83. The van der Waals surface area contributed by atoms with E-state index >= 15 is 0 Å². The Labute approximate surface area is 193 Å². The molecule has 0 aromatic carbocycles. The van der Waals surface area contributed by atoms with Crippen LogP contribution in [0.3, 0.4) is 0 Å². The van der Waals surface area contributed by atoms with Crippen LogP contribution >= 0.6 is 0 Å². The molecule has 5 rings (SSSR count). The molecular formula is C25H28N6O2. The van der Waals surface area contributed by atoms with Gasteiger partial charge in [-0.25, -0.2) is 9.97 Å². The highest BCUT2D eigenvalue weighted by Gasteiger charge is 2.33. The number of pyridine rings is 2. The number of rotatable bonds is 6. The minimum Gasteiger partial charge on any atom is -0.384 e. The van der Waals surface area contributed by atoms with E-state index in [4.69, 9.17) is 9.72 Å². The number of nitrogens with zero attached hydrogens (tertiary/aromatic N) is 6. The molecule has 1 aliphatic carbocycles. The Kier molecular flexibility index (Phi) is 5.73. The Bertz CT molecular complexity index is 1230. The Morgan fingerprint density at radius 2 is 2.15 bits per heavy atom. The monoisotopic (exact) mass is 444 g/mol. The molecule has 0 unspecified atom stereocenters. The van der Waals surface area contributed by atoms with Crippen LogP contribution in [0.1, 0.15) is 43.4 Å². The third kappa shape index (κ3) is 4.16. The minimum atomic E-state index is 0.0455. The molecule has 1 atom stereocenters. The van der Waals surface area contributed by atoms with Gasteiger partial charge < -0.3 is 18.9 Å². The van der Waals surface area contributed by atoms with E-state index in [0.717, 1.165) is 41.1 Å². The Morgan fingerprint density at radius 3 is 2.88 bits per heavy atom. The number of methoxy groups -OCH3 is 1. The van der Waals surface area contributed by atoms with Crippen molar-refractivity contribution in [3.63, 3.8) is 0 Å². The zero-order valence-corrected chi connectivity index (χ0v) is 19.1. The van der Waals surface area contributed by atoms with Gasteiger partial charge in [0.1, 0.15) is 17.5 Å². The maximum absolute atomic E-state index is 12.5. The van der Waals surface area contributed by atoms with Gasteiger partial charge in [0.2, 0.25) is 5.91 Å². The number of fused-ring (bicyclic) bond motifs is 1. The first kappa shape index (κ1) is 21.4. The van der Waals surface area contributed by atoms with Crippen LogP contribution in [0.25, 0.3) is 16.8 Å². The number of nitriles is 1. The van der Waals surface area contributed by atoms with Crippen molar-refractivity contribution in [3.8, 4) is 17.2 Å². The SMILES string of the molecule is COCCC(=O)N1CCN(c2nc(C3CC3)c(-c3ccc4nccn4c3)cc2C#N)C[C@H]1C. The zero-order valence-electron chi connectivity index (χ0n) is 19.1. The normalized spacial score (nSPS) is 18.5. The highest BCUT2D eigenvalue weighted by Crippen LogP contribution is 2.45. The highest BCUT2D eigenvalue weighted by molar-refractivity contribution is 5.77. The van der Waals surface area contributed by atoms with Crippen LogP contribution in [-0.4, -0.2) is 64.6 Å². The molecule has 2 fully saturated rings. The first-order chi connectivity index (χ1) is 16.1. The number of carbonyl (C=O) groups excluding carboxylic acids is 1. The van der Waals surface area contributed by atoms with Gasteiger partial charge in [-0.05, 0) is 38.0 Å². The number of ether oxygens (including phenoxy) is 1. The lowest BCUT2D eigenvalue weighted by Gasteiger charge is -2.41. The van der Waals surface area contributed by atoms with E-state index in [1.54, 1.807) is 13.3 Å². The van der Waals surface area contributed by atoms with Crippen LogP contribution in [0.15, 0.2) is 36.8 Å². The first-order valence-corrected chi connectivity index (χ1v) is 11.5. The number of amides is 1. The van der Waals surface area contributed by atoms with Crippen LogP contribution in [-0.2, 0) is 9.53 Å². The summed E-state index contributed by atoms with van der Waals surface area (Å²) in [5.41, 5.74) is 4.60. The van der Waals surface area contributed by atoms with Crippen LogP contribution in [0.2, 0.25) is 0 Å².